The molecule has 0 aliphatic rings. The molecule has 0 amide bonds. The van der Waals surface area contributed by atoms with Gasteiger partial charge in [0.15, 0.2) is 11.5 Å². The average Bonchev–Trinajstić information content (AvgIpc) is 2.45. The maximum Gasteiger partial charge on any atom is 0.313 e. The van der Waals surface area contributed by atoms with E-state index in [1.54, 1.807) is 32.0 Å². The fraction of sp³-hybridized carbons (Fsp3) is 0.467. The van der Waals surface area contributed by atoms with Crippen LogP contribution in [-0.4, -0.2) is 26.2 Å². The van der Waals surface area contributed by atoms with Crippen molar-refractivity contribution in [2.45, 2.75) is 26.8 Å². The molecular weight excluding hydrogens is 310 g/mol. The summed E-state index contributed by atoms with van der Waals surface area (Å²) in [6, 6.07) is 4.33. The zero-order chi connectivity index (χ0) is 16.2. The second-order valence-electron chi connectivity index (χ2n) is 5.19. The third-order valence-corrected chi connectivity index (χ3v) is 3.29. The summed E-state index contributed by atoms with van der Waals surface area (Å²) in [4.78, 5) is 22.8. The molecule has 0 aromatic heterocycles. The van der Waals surface area contributed by atoms with Gasteiger partial charge in [-0.3, -0.25) is 9.59 Å². The first-order chi connectivity index (χ1) is 9.73. The molecule has 0 unspecified atom stereocenters. The summed E-state index contributed by atoms with van der Waals surface area (Å²) in [5.41, 5.74) is 5.94. The van der Waals surface area contributed by atoms with Gasteiger partial charge in [0.2, 0.25) is 0 Å². The molecule has 0 aliphatic heterocycles. The van der Waals surface area contributed by atoms with Crippen LogP contribution in [0.4, 0.5) is 0 Å². The lowest BCUT2D eigenvalue weighted by Gasteiger charge is -2.29. The number of carbonyl (C=O) groups is 2. The van der Waals surface area contributed by atoms with Crippen LogP contribution in [0.15, 0.2) is 18.2 Å². The van der Waals surface area contributed by atoms with Crippen molar-refractivity contribution in [1.82, 2.24) is 0 Å². The van der Waals surface area contributed by atoms with Gasteiger partial charge in [-0.1, -0.05) is 6.07 Å². The molecule has 7 heteroatoms. The van der Waals surface area contributed by atoms with Crippen LogP contribution < -0.4 is 15.2 Å². The Kier molecular flexibility index (Phi) is 7.35. The van der Waals surface area contributed by atoms with Gasteiger partial charge in [0.1, 0.15) is 0 Å². The Bertz CT molecular complexity index is 545. The lowest BCUT2D eigenvalue weighted by atomic mass is 9.81. The van der Waals surface area contributed by atoms with E-state index in [9.17, 15) is 9.59 Å². The molecule has 0 heterocycles. The summed E-state index contributed by atoms with van der Waals surface area (Å²) in [6.45, 7) is 4.71. The topological polar surface area (TPSA) is 87.9 Å². The van der Waals surface area contributed by atoms with Crippen molar-refractivity contribution in [3.05, 3.63) is 23.8 Å². The van der Waals surface area contributed by atoms with E-state index in [1.807, 2.05) is 0 Å². The molecule has 1 atom stereocenters. The van der Waals surface area contributed by atoms with E-state index in [2.05, 4.69) is 0 Å². The molecular formula is C15H22ClNO5. The summed E-state index contributed by atoms with van der Waals surface area (Å²) in [6.07, 6.45) is 0. The van der Waals surface area contributed by atoms with E-state index in [0.29, 0.717) is 17.1 Å². The largest absolute Gasteiger partial charge is 0.493 e. The number of hydrogen-bond acceptors (Lipinski definition) is 6. The van der Waals surface area contributed by atoms with Crippen LogP contribution in [0.3, 0.4) is 0 Å². The number of nitrogens with two attached hydrogens (primary N) is 1. The first-order valence-electron chi connectivity index (χ1n) is 6.44. The third kappa shape index (κ3) is 4.35. The fourth-order valence-corrected chi connectivity index (χ4v) is 1.92. The Morgan fingerprint density at radius 1 is 1.18 bits per heavy atom. The predicted octanol–water partition coefficient (Wildman–Crippen LogP) is 2.24. The van der Waals surface area contributed by atoms with E-state index >= 15 is 0 Å². The standard InChI is InChI=1S/C15H21NO5.ClH/c1-9(17)21-11-7-6-10(8-12(11)19-4)13(16)15(2,3)14(18)20-5;/h6-8,13H,16H2,1-5H3;1H/t13-;/m0./s1. The minimum absolute atomic E-state index is 0. The van der Waals surface area contributed by atoms with Gasteiger partial charge < -0.3 is 19.9 Å². The number of esters is 2. The molecule has 1 rings (SSSR count). The van der Waals surface area contributed by atoms with E-state index in [-0.39, 0.29) is 12.4 Å². The minimum atomic E-state index is -0.900. The molecule has 0 saturated carbocycles. The van der Waals surface area contributed by atoms with Gasteiger partial charge in [0.25, 0.3) is 0 Å². The van der Waals surface area contributed by atoms with Gasteiger partial charge in [-0.05, 0) is 31.5 Å². The summed E-state index contributed by atoms with van der Waals surface area (Å²) >= 11 is 0. The molecule has 0 radical (unpaired) electrons. The number of ether oxygens (including phenoxy) is 3. The molecule has 0 aliphatic carbocycles. The van der Waals surface area contributed by atoms with Crippen molar-refractivity contribution < 1.29 is 23.8 Å². The third-order valence-electron chi connectivity index (χ3n) is 3.29. The van der Waals surface area contributed by atoms with E-state index in [0.717, 1.165) is 0 Å². The van der Waals surface area contributed by atoms with E-state index in [1.165, 1.54) is 21.1 Å². The molecule has 1 aromatic rings. The number of hydrogen-bond donors (Lipinski definition) is 1. The van der Waals surface area contributed by atoms with Crippen molar-refractivity contribution in [2.24, 2.45) is 11.1 Å². The second kappa shape index (κ2) is 8.00. The van der Waals surface area contributed by atoms with Crippen molar-refractivity contribution >= 4 is 24.3 Å². The molecule has 22 heavy (non-hydrogen) atoms. The minimum Gasteiger partial charge on any atom is -0.493 e. The van der Waals surface area contributed by atoms with Crippen molar-refractivity contribution in [3.63, 3.8) is 0 Å². The van der Waals surface area contributed by atoms with E-state index < -0.39 is 23.4 Å². The Hall–Kier alpha value is -1.79. The summed E-state index contributed by atoms with van der Waals surface area (Å²) in [5.74, 6) is -0.172. The number of rotatable bonds is 5. The number of carbonyl (C=O) groups excluding carboxylic acids is 2. The lowest BCUT2D eigenvalue weighted by Crippen LogP contribution is -2.37. The molecule has 6 nitrogen and oxygen atoms in total. The summed E-state index contributed by atoms with van der Waals surface area (Å²) in [7, 11) is 2.78. The van der Waals surface area contributed by atoms with Crippen LogP contribution in [0.5, 0.6) is 11.5 Å². The quantitative estimate of drug-likeness (QED) is 0.657. The molecule has 0 fully saturated rings. The van der Waals surface area contributed by atoms with Crippen LogP contribution in [0, 0.1) is 5.41 Å². The zero-order valence-electron chi connectivity index (χ0n) is 13.3. The van der Waals surface area contributed by atoms with Crippen LogP contribution in [0.2, 0.25) is 0 Å². The monoisotopic (exact) mass is 331 g/mol. The summed E-state index contributed by atoms with van der Waals surface area (Å²) < 4.78 is 15.0. The molecule has 0 saturated heterocycles. The van der Waals surface area contributed by atoms with Crippen molar-refractivity contribution in [1.29, 1.82) is 0 Å². The van der Waals surface area contributed by atoms with Crippen molar-refractivity contribution in [2.75, 3.05) is 14.2 Å². The van der Waals surface area contributed by atoms with Gasteiger partial charge in [-0.15, -0.1) is 12.4 Å². The molecule has 124 valence electrons. The first kappa shape index (κ1) is 20.2. The molecule has 1 aromatic carbocycles. The highest BCUT2D eigenvalue weighted by Gasteiger charge is 2.37. The number of halogens is 1. The van der Waals surface area contributed by atoms with Gasteiger partial charge in [0, 0.05) is 13.0 Å². The van der Waals surface area contributed by atoms with Crippen LogP contribution in [0.1, 0.15) is 32.4 Å². The van der Waals surface area contributed by atoms with Crippen LogP contribution in [-0.2, 0) is 14.3 Å². The fourth-order valence-electron chi connectivity index (χ4n) is 1.92. The second-order valence-corrected chi connectivity index (χ2v) is 5.19. The van der Waals surface area contributed by atoms with Gasteiger partial charge in [-0.25, -0.2) is 0 Å². The van der Waals surface area contributed by atoms with Gasteiger partial charge in [-0.2, -0.15) is 0 Å². The smallest absolute Gasteiger partial charge is 0.313 e. The van der Waals surface area contributed by atoms with Crippen LogP contribution in [0.25, 0.3) is 0 Å². The van der Waals surface area contributed by atoms with Gasteiger partial charge >= 0.3 is 11.9 Å². The Balaban J connectivity index is 0.00000441. The Morgan fingerprint density at radius 2 is 1.77 bits per heavy atom. The highest BCUT2D eigenvalue weighted by Crippen LogP contribution is 2.36. The molecule has 2 N–H and O–H groups in total. The average molecular weight is 332 g/mol. The zero-order valence-corrected chi connectivity index (χ0v) is 14.2. The van der Waals surface area contributed by atoms with E-state index in [4.69, 9.17) is 19.9 Å². The Labute approximate surface area is 136 Å². The van der Waals surface area contributed by atoms with Crippen molar-refractivity contribution in [3.8, 4) is 11.5 Å². The first-order valence-corrected chi connectivity index (χ1v) is 6.44. The SMILES string of the molecule is COC(=O)C(C)(C)[C@@H](N)c1ccc(OC(C)=O)c(OC)c1.Cl. The summed E-state index contributed by atoms with van der Waals surface area (Å²) in [5, 5.41) is 0. The lowest BCUT2D eigenvalue weighted by molar-refractivity contribution is -0.152. The Morgan fingerprint density at radius 3 is 2.23 bits per heavy atom. The normalized spacial score (nSPS) is 11.9. The van der Waals surface area contributed by atoms with Crippen LogP contribution >= 0.6 is 12.4 Å². The highest BCUT2D eigenvalue weighted by atomic mass is 35.5. The highest BCUT2D eigenvalue weighted by molar-refractivity contribution is 5.85. The molecule has 0 spiro atoms. The maximum atomic E-state index is 11.8. The number of methoxy groups -OCH3 is 2. The molecule has 0 bridgehead atoms. The number of benzene rings is 1. The maximum absolute atomic E-state index is 11.8. The predicted molar refractivity (Wildman–Crippen MR) is 84.3 cm³/mol. The van der Waals surface area contributed by atoms with Gasteiger partial charge in [0.05, 0.1) is 19.6 Å².